The zero-order chi connectivity index (χ0) is 23.7. The molecule has 1 fully saturated rings. The Hall–Kier alpha value is -2.61. The van der Waals surface area contributed by atoms with E-state index in [1.165, 1.54) is 16.7 Å². The lowest BCUT2D eigenvalue weighted by atomic mass is 9.82. The van der Waals surface area contributed by atoms with Crippen molar-refractivity contribution in [1.29, 1.82) is 0 Å². The summed E-state index contributed by atoms with van der Waals surface area (Å²) in [6.07, 6.45) is 5.62. The maximum absolute atomic E-state index is 13.1. The van der Waals surface area contributed by atoms with Crippen molar-refractivity contribution in [3.8, 4) is 11.5 Å². The summed E-state index contributed by atoms with van der Waals surface area (Å²) in [6.45, 7) is 1.68. The Labute approximate surface area is 203 Å². The first kappa shape index (κ1) is 23.1. The molecule has 3 atom stereocenters. The molecular formula is C27H31NO5S. The van der Waals surface area contributed by atoms with Gasteiger partial charge in [0.05, 0.1) is 19.1 Å². The number of hydrogen-bond donors (Lipinski definition) is 0. The van der Waals surface area contributed by atoms with Crippen molar-refractivity contribution in [2.45, 2.75) is 42.7 Å². The average molecular weight is 482 g/mol. The van der Waals surface area contributed by atoms with Crippen LogP contribution in [0.4, 0.5) is 0 Å². The summed E-state index contributed by atoms with van der Waals surface area (Å²) in [6, 6.07) is 13.8. The SMILES string of the molecule is COc1cc2c(cc1OC)C1CC3=CCCC(OC)C(OS(=O)c4ccccc4)=C3CN1CC2. The first-order valence-electron chi connectivity index (χ1n) is 11.7. The minimum atomic E-state index is -1.59. The number of nitrogens with zero attached hydrogens (tertiary/aromatic N) is 1. The van der Waals surface area contributed by atoms with Crippen LogP contribution in [0.2, 0.25) is 0 Å². The van der Waals surface area contributed by atoms with E-state index in [1.54, 1.807) is 21.3 Å². The molecular weight excluding hydrogens is 450 g/mol. The maximum atomic E-state index is 13.1. The molecule has 2 heterocycles. The van der Waals surface area contributed by atoms with Crippen molar-refractivity contribution < 1.29 is 22.6 Å². The number of hydrogen-bond acceptors (Lipinski definition) is 6. The molecule has 0 amide bonds. The highest BCUT2D eigenvalue weighted by atomic mass is 32.2. The van der Waals surface area contributed by atoms with Gasteiger partial charge in [-0.25, -0.2) is 4.21 Å². The number of fused-ring (bicyclic) bond motifs is 4. The highest BCUT2D eigenvalue weighted by Crippen LogP contribution is 2.46. The molecule has 0 saturated carbocycles. The fourth-order valence-corrected chi connectivity index (χ4v) is 6.16. The second kappa shape index (κ2) is 9.94. The topological polar surface area (TPSA) is 57.2 Å². The van der Waals surface area contributed by atoms with E-state index in [2.05, 4.69) is 23.1 Å². The summed E-state index contributed by atoms with van der Waals surface area (Å²) in [5.74, 6) is 2.26. The standard InChI is InChI=1S/C27H31NO5S/c1-30-24-11-7-8-18-14-23-21-16-26(32-3)25(31-2)15-19(21)12-13-28(23)17-22(18)27(24)33-34(29)20-9-5-4-6-10-20/h4-6,8-10,15-16,23-24H,7,11-14,17H2,1-3H3. The van der Waals surface area contributed by atoms with Crippen LogP contribution < -0.4 is 9.47 Å². The Morgan fingerprint density at radius 2 is 1.79 bits per heavy atom. The second-order valence-electron chi connectivity index (χ2n) is 8.85. The second-order valence-corrected chi connectivity index (χ2v) is 9.96. The lowest BCUT2D eigenvalue weighted by Gasteiger charge is -2.43. The number of methoxy groups -OCH3 is 3. The van der Waals surface area contributed by atoms with Gasteiger partial charge in [0.15, 0.2) is 17.3 Å². The van der Waals surface area contributed by atoms with E-state index < -0.39 is 11.1 Å². The first-order valence-corrected chi connectivity index (χ1v) is 12.8. The number of benzene rings is 2. The highest BCUT2D eigenvalue weighted by molar-refractivity contribution is 7.80. The van der Waals surface area contributed by atoms with E-state index in [1.807, 2.05) is 30.3 Å². The molecule has 2 aromatic carbocycles. The molecule has 34 heavy (non-hydrogen) atoms. The number of rotatable bonds is 6. The number of piperidine rings is 1. The zero-order valence-electron chi connectivity index (χ0n) is 19.9. The van der Waals surface area contributed by atoms with Crippen LogP contribution in [0.3, 0.4) is 0 Å². The molecule has 2 aliphatic heterocycles. The summed E-state index contributed by atoms with van der Waals surface area (Å²) in [5.41, 5.74) is 5.00. The van der Waals surface area contributed by atoms with Gasteiger partial charge in [-0.3, -0.25) is 4.90 Å². The van der Waals surface area contributed by atoms with Crippen LogP contribution in [0, 0.1) is 0 Å². The van der Waals surface area contributed by atoms with Crippen LogP contribution in [-0.2, 0) is 26.4 Å². The third-order valence-corrected chi connectivity index (χ3v) is 8.06. The van der Waals surface area contributed by atoms with Crippen LogP contribution in [0.5, 0.6) is 11.5 Å². The Bertz CT molecular complexity index is 1140. The molecule has 0 N–H and O–H groups in total. The van der Waals surface area contributed by atoms with E-state index in [-0.39, 0.29) is 12.1 Å². The molecule has 3 unspecified atom stereocenters. The Morgan fingerprint density at radius 1 is 1.03 bits per heavy atom. The first-order chi connectivity index (χ1) is 16.6. The summed E-state index contributed by atoms with van der Waals surface area (Å²) in [4.78, 5) is 3.15. The highest BCUT2D eigenvalue weighted by Gasteiger charge is 2.38. The Balaban J connectivity index is 1.50. The Kier molecular flexibility index (Phi) is 6.77. The van der Waals surface area contributed by atoms with Gasteiger partial charge >= 0.3 is 0 Å². The average Bonchev–Trinajstić information content (AvgIpc) is 3.05. The summed E-state index contributed by atoms with van der Waals surface area (Å²) in [5, 5.41) is 0. The van der Waals surface area contributed by atoms with Gasteiger partial charge in [-0.2, -0.15) is 0 Å². The molecule has 6 nitrogen and oxygen atoms in total. The van der Waals surface area contributed by atoms with Gasteiger partial charge in [0.2, 0.25) is 11.1 Å². The smallest absolute Gasteiger partial charge is 0.240 e. The van der Waals surface area contributed by atoms with Crippen LogP contribution >= 0.6 is 0 Å². The van der Waals surface area contributed by atoms with Crippen LogP contribution in [0.1, 0.15) is 36.4 Å². The normalized spacial score (nSPS) is 23.1. The van der Waals surface area contributed by atoms with Crippen LogP contribution in [-0.4, -0.2) is 49.6 Å². The van der Waals surface area contributed by atoms with Gasteiger partial charge in [-0.15, -0.1) is 0 Å². The van der Waals surface area contributed by atoms with E-state index in [9.17, 15) is 4.21 Å². The molecule has 180 valence electrons. The molecule has 0 radical (unpaired) electrons. The molecule has 7 heteroatoms. The molecule has 3 aliphatic rings. The largest absolute Gasteiger partial charge is 0.493 e. The van der Waals surface area contributed by atoms with Gasteiger partial charge in [0, 0.05) is 31.8 Å². The van der Waals surface area contributed by atoms with Crippen molar-refractivity contribution in [1.82, 2.24) is 4.90 Å². The fourth-order valence-electron chi connectivity index (χ4n) is 5.31. The van der Waals surface area contributed by atoms with Crippen molar-refractivity contribution in [3.63, 3.8) is 0 Å². The van der Waals surface area contributed by atoms with Crippen molar-refractivity contribution in [2.24, 2.45) is 0 Å². The van der Waals surface area contributed by atoms with Gasteiger partial charge in [-0.05, 0) is 66.6 Å². The van der Waals surface area contributed by atoms with Crippen molar-refractivity contribution in [3.05, 3.63) is 76.6 Å². The fraction of sp³-hybridized carbons (Fsp3) is 0.407. The molecule has 0 spiro atoms. The van der Waals surface area contributed by atoms with Gasteiger partial charge in [0.1, 0.15) is 6.10 Å². The zero-order valence-corrected chi connectivity index (χ0v) is 20.7. The van der Waals surface area contributed by atoms with E-state index in [0.29, 0.717) is 10.7 Å². The quantitative estimate of drug-likeness (QED) is 0.594. The maximum Gasteiger partial charge on any atom is 0.240 e. The molecule has 1 aliphatic carbocycles. The van der Waals surface area contributed by atoms with E-state index in [0.717, 1.165) is 55.8 Å². The van der Waals surface area contributed by atoms with Crippen molar-refractivity contribution >= 4 is 11.1 Å². The van der Waals surface area contributed by atoms with E-state index >= 15 is 0 Å². The predicted octanol–water partition coefficient (Wildman–Crippen LogP) is 4.74. The summed E-state index contributed by atoms with van der Waals surface area (Å²) < 4.78 is 36.2. The summed E-state index contributed by atoms with van der Waals surface area (Å²) >= 11 is -1.59. The molecule has 5 rings (SSSR count). The van der Waals surface area contributed by atoms with E-state index in [4.69, 9.17) is 18.4 Å². The van der Waals surface area contributed by atoms with Gasteiger partial charge in [-0.1, -0.05) is 24.3 Å². The van der Waals surface area contributed by atoms with Crippen molar-refractivity contribution in [2.75, 3.05) is 34.4 Å². The van der Waals surface area contributed by atoms with Gasteiger partial charge in [0.25, 0.3) is 0 Å². The lowest BCUT2D eigenvalue weighted by Crippen LogP contribution is -2.41. The predicted molar refractivity (Wildman–Crippen MR) is 131 cm³/mol. The molecule has 0 bridgehead atoms. The minimum Gasteiger partial charge on any atom is -0.493 e. The van der Waals surface area contributed by atoms with Gasteiger partial charge < -0.3 is 18.4 Å². The molecule has 1 saturated heterocycles. The Morgan fingerprint density at radius 3 is 2.53 bits per heavy atom. The van der Waals surface area contributed by atoms with Crippen LogP contribution in [0.25, 0.3) is 0 Å². The lowest BCUT2D eigenvalue weighted by molar-refractivity contribution is 0.0927. The molecule has 0 aromatic heterocycles. The third kappa shape index (κ3) is 4.28. The minimum absolute atomic E-state index is 0.214. The third-order valence-electron chi connectivity index (χ3n) is 7.07. The number of ether oxygens (including phenoxy) is 3. The number of allylic oxidation sites excluding steroid dienone is 1. The van der Waals surface area contributed by atoms with Crippen LogP contribution in [0.15, 0.2) is 70.3 Å². The molecule has 2 aromatic rings. The summed E-state index contributed by atoms with van der Waals surface area (Å²) in [7, 11) is 5.07. The monoisotopic (exact) mass is 481 g/mol.